The highest BCUT2D eigenvalue weighted by atomic mass is 16.5. The van der Waals surface area contributed by atoms with Crippen molar-refractivity contribution >= 4 is 0 Å². The Bertz CT molecular complexity index is 745. The van der Waals surface area contributed by atoms with Gasteiger partial charge < -0.3 is 9.84 Å². The Kier molecular flexibility index (Phi) is 7.30. The molecule has 0 heterocycles. The van der Waals surface area contributed by atoms with Crippen molar-refractivity contribution in [1.29, 1.82) is 0 Å². The third-order valence-corrected chi connectivity index (χ3v) is 10.8. The third kappa shape index (κ3) is 5.04. The Balaban J connectivity index is 1.43. The van der Waals surface area contributed by atoms with E-state index in [9.17, 15) is 5.11 Å². The van der Waals surface area contributed by atoms with E-state index in [-0.39, 0.29) is 0 Å². The highest BCUT2D eigenvalue weighted by Crippen LogP contribution is 2.67. The van der Waals surface area contributed by atoms with Crippen molar-refractivity contribution in [2.24, 2.45) is 40.4 Å². The minimum atomic E-state index is -0.518. The van der Waals surface area contributed by atoms with Gasteiger partial charge in [0.05, 0.1) is 18.3 Å². The van der Waals surface area contributed by atoms with Crippen LogP contribution in [-0.2, 0) is 4.74 Å². The molecule has 8 atom stereocenters. The molecule has 1 N–H and O–H groups in total. The first kappa shape index (κ1) is 25.5. The Morgan fingerprint density at radius 2 is 1.94 bits per heavy atom. The molecule has 0 saturated heterocycles. The lowest BCUT2D eigenvalue weighted by Crippen LogP contribution is -2.51. The van der Waals surface area contributed by atoms with Crippen molar-refractivity contribution in [3.05, 3.63) is 23.8 Å². The van der Waals surface area contributed by atoms with E-state index in [1.54, 1.807) is 5.57 Å². The molecule has 0 aliphatic heterocycles. The zero-order chi connectivity index (χ0) is 24.0. The lowest BCUT2D eigenvalue weighted by Gasteiger charge is -2.58. The van der Waals surface area contributed by atoms with Gasteiger partial charge in [-0.15, -0.1) is 0 Å². The Morgan fingerprint density at radius 1 is 1.18 bits per heavy atom. The van der Waals surface area contributed by atoms with Crippen LogP contribution in [0.15, 0.2) is 23.8 Å². The Hall–Kier alpha value is -0.600. The molecule has 4 aliphatic rings. The second-order valence-corrected chi connectivity index (χ2v) is 13.8. The number of hydrogen-bond donors (Lipinski definition) is 1. The van der Waals surface area contributed by atoms with Gasteiger partial charge in [-0.25, -0.2) is 0 Å². The first-order chi connectivity index (χ1) is 15.4. The quantitative estimate of drug-likeness (QED) is 0.374. The SMILES string of the molecule is C=C(C)CO[C@H]1CC[C@@]2(C)C(=CC[C@H]3[C@@H]4CC[C@H]([C@H](C)CCCC(C)(C)O)[C@@]4(C)CC[C@@H]32)C1. The van der Waals surface area contributed by atoms with E-state index in [1.165, 1.54) is 51.4 Å². The summed E-state index contributed by atoms with van der Waals surface area (Å²) in [6, 6.07) is 0. The molecule has 0 unspecified atom stereocenters. The molecule has 33 heavy (non-hydrogen) atoms. The molecular formula is C31H52O2. The summed E-state index contributed by atoms with van der Waals surface area (Å²) < 4.78 is 6.20. The number of aliphatic hydroxyl groups is 1. The third-order valence-electron chi connectivity index (χ3n) is 10.8. The van der Waals surface area contributed by atoms with Gasteiger partial charge in [-0.1, -0.05) is 57.4 Å². The summed E-state index contributed by atoms with van der Waals surface area (Å²) in [4.78, 5) is 0. The largest absolute Gasteiger partial charge is 0.390 e. The first-order valence-electron chi connectivity index (χ1n) is 14.1. The monoisotopic (exact) mass is 456 g/mol. The highest BCUT2D eigenvalue weighted by molar-refractivity contribution is 5.25. The molecule has 188 valence electrons. The van der Waals surface area contributed by atoms with Crippen molar-refractivity contribution in [2.75, 3.05) is 6.61 Å². The standard InChI is InChI=1S/C31H52O2/c1-21(2)20-33-24-14-17-30(6)23(19-24)10-11-25-27-13-12-26(31(27,7)18-15-28(25)30)22(3)9-8-16-29(4,5)32/h10,22,24-28,32H,1,8-9,11-20H2,2-7H3/t22-,24+,25+,26-,27+,28+,30+,31-/m1/s1. The predicted molar refractivity (Wildman–Crippen MR) is 139 cm³/mol. The van der Waals surface area contributed by atoms with Crippen molar-refractivity contribution in [3.8, 4) is 0 Å². The fourth-order valence-electron chi connectivity index (χ4n) is 9.06. The molecule has 3 fully saturated rings. The van der Waals surface area contributed by atoms with Crippen LogP contribution in [0.4, 0.5) is 0 Å². The number of ether oxygens (including phenoxy) is 1. The zero-order valence-electron chi connectivity index (χ0n) is 22.6. The van der Waals surface area contributed by atoms with Gasteiger partial charge in [0.25, 0.3) is 0 Å². The van der Waals surface area contributed by atoms with Gasteiger partial charge in [0, 0.05) is 0 Å². The van der Waals surface area contributed by atoms with E-state index in [1.807, 2.05) is 13.8 Å². The predicted octanol–water partition coefficient (Wildman–Crippen LogP) is 8.10. The van der Waals surface area contributed by atoms with Crippen LogP contribution in [0.3, 0.4) is 0 Å². The van der Waals surface area contributed by atoms with E-state index >= 15 is 0 Å². The number of allylic oxidation sites excluding steroid dienone is 1. The van der Waals surface area contributed by atoms with Crippen LogP contribution in [0.1, 0.15) is 112 Å². The van der Waals surface area contributed by atoms with Crippen molar-refractivity contribution in [3.63, 3.8) is 0 Å². The minimum absolute atomic E-state index is 0.395. The molecule has 0 aromatic rings. The normalized spacial score (nSPS) is 41.5. The average molecular weight is 457 g/mol. The lowest BCUT2D eigenvalue weighted by molar-refractivity contribution is -0.0626. The summed E-state index contributed by atoms with van der Waals surface area (Å²) >= 11 is 0. The zero-order valence-corrected chi connectivity index (χ0v) is 22.6. The summed E-state index contributed by atoms with van der Waals surface area (Å²) in [7, 11) is 0. The lowest BCUT2D eigenvalue weighted by atomic mass is 9.47. The molecule has 0 amide bonds. The Labute approximate surface area is 204 Å². The van der Waals surface area contributed by atoms with Crippen molar-refractivity contribution in [1.82, 2.24) is 0 Å². The average Bonchev–Trinajstić information content (AvgIpc) is 3.08. The van der Waals surface area contributed by atoms with Gasteiger partial charge in [-0.3, -0.25) is 0 Å². The number of hydrogen-bond acceptors (Lipinski definition) is 2. The number of rotatable bonds is 8. The molecule has 0 aromatic carbocycles. The van der Waals surface area contributed by atoms with E-state index in [0.29, 0.717) is 16.9 Å². The second-order valence-electron chi connectivity index (χ2n) is 13.8. The molecule has 2 heteroatoms. The van der Waals surface area contributed by atoms with Crippen molar-refractivity contribution < 1.29 is 9.84 Å². The van der Waals surface area contributed by atoms with Crippen LogP contribution < -0.4 is 0 Å². The van der Waals surface area contributed by atoms with E-state index in [4.69, 9.17) is 4.74 Å². The van der Waals surface area contributed by atoms with Crippen LogP contribution in [0, 0.1) is 40.4 Å². The first-order valence-corrected chi connectivity index (χ1v) is 14.1. The summed E-state index contributed by atoms with van der Waals surface area (Å²) in [6.45, 7) is 18.5. The maximum atomic E-state index is 10.1. The molecule has 3 saturated carbocycles. The molecule has 4 aliphatic carbocycles. The van der Waals surface area contributed by atoms with Gasteiger partial charge in [-0.05, 0) is 119 Å². The molecule has 4 rings (SSSR count). The molecule has 0 bridgehead atoms. The molecule has 0 radical (unpaired) electrons. The van der Waals surface area contributed by atoms with Crippen LogP contribution in [0.5, 0.6) is 0 Å². The van der Waals surface area contributed by atoms with E-state index in [2.05, 4.69) is 40.3 Å². The molecular weight excluding hydrogens is 404 g/mol. The molecule has 0 spiro atoms. The molecule has 2 nitrogen and oxygen atoms in total. The van der Waals surface area contributed by atoms with Gasteiger partial charge in [0.2, 0.25) is 0 Å². The van der Waals surface area contributed by atoms with Crippen LogP contribution in [0.2, 0.25) is 0 Å². The maximum absolute atomic E-state index is 10.1. The van der Waals surface area contributed by atoms with E-state index in [0.717, 1.165) is 61.0 Å². The second kappa shape index (κ2) is 9.45. The van der Waals surface area contributed by atoms with Gasteiger partial charge in [0.1, 0.15) is 0 Å². The van der Waals surface area contributed by atoms with Gasteiger partial charge >= 0.3 is 0 Å². The van der Waals surface area contributed by atoms with Crippen molar-refractivity contribution in [2.45, 2.75) is 124 Å². The summed E-state index contributed by atoms with van der Waals surface area (Å²) in [5.41, 5.74) is 3.27. The number of fused-ring (bicyclic) bond motifs is 5. The van der Waals surface area contributed by atoms with Gasteiger partial charge in [0.15, 0.2) is 0 Å². The highest BCUT2D eigenvalue weighted by Gasteiger charge is 2.59. The maximum Gasteiger partial charge on any atom is 0.0675 e. The summed E-state index contributed by atoms with van der Waals surface area (Å²) in [6.07, 6.45) is 17.1. The van der Waals surface area contributed by atoms with Gasteiger partial charge in [-0.2, -0.15) is 0 Å². The topological polar surface area (TPSA) is 29.5 Å². The molecule has 0 aromatic heterocycles. The smallest absolute Gasteiger partial charge is 0.0675 e. The fourth-order valence-corrected chi connectivity index (χ4v) is 9.06. The van der Waals surface area contributed by atoms with E-state index < -0.39 is 5.60 Å². The summed E-state index contributed by atoms with van der Waals surface area (Å²) in [5, 5.41) is 10.1. The minimum Gasteiger partial charge on any atom is -0.390 e. The summed E-state index contributed by atoms with van der Waals surface area (Å²) in [5.74, 6) is 4.32. The van der Waals surface area contributed by atoms with Crippen LogP contribution in [-0.4, -0.2) is 23.4 Å². The Morgan fingerprint density at radius 3 is 2.64 bits per heavy atom. The van der Waals surface area contributed by atoms with Crippen LogP contribution in [0.25, 0.3) is 0 Å². The van der Waals surface area contributed by atoms with Crippen LogP contribution >= 0.6 is 0 Å². The fraction of sp³-hybridized carbons (Fsp3) is 0.871.